The second-order valence-corrected chi connectivity index (χ2v) is 7.44. The number of carbonyl (C=O) groups is 1. The van der Waals surface area contributed by atoms with E-state index in [0.29, 0.717) is 43.1 Å². The van der Waals surface area contributed by atoms with Gasteiger partial charge in [-0.05, 0) is 53.6 Å². The standard InChI is InChI=1S/C24H21F3N2O2/c25-20-5-1-16(2-6-20)13-28-24(30)18-4-8-23-19(12-18)15-29(9-10-31-23)14-17-3-7-21(26)22(27)11-17/h1-8,11-12H,9-10,13-15H2,(H,28,30). The summed E-state index contributed by atoms with van der Waals surface area (Å²) in [5.74, 6) is -1.62. The van der Waals surface area contributed by atoms with Crippen LogP contribution in [0, 0.1) is 17.5 Å². The fourth-order valence-electron chi connectivity index (χ4n) is 3.51. The van der Waals surface area contributed by atoms with Gasteiger partial charge in [-0.3, -0.25) is 9.69 Å². The minimum atomic E-state index is -0.871. The first-order valence-corrected chi connectivity index (χ1v) is 9.92. The van der Waals surface area contributed by atoms with Gasteiger partial charge in [0.25, 0.3) is 5.91 Å². The van der Waals surface area contributed by atoms with Crippen LogP contribution in [0.4, 0.5) is 13.2 Å². The van der Waals surface area contributed by atoms with Gasteiger partial charge in [0, 0.05) is 37.3 Å². The van der Waals surface area contributed by atoms with Gasteiger partial charge in [0.1, 0.15) is 18.2 Å². The molecule has 1 N–H and O–H groups in total. The summed E-state index contributed by atoms with van der Waals surface area (Å²) in [6.07, 6.45) is 0. The van der Waals surface area contributed by atoms with Crippen LogP contribution in [0.2, 0.25) is 0 Å². The molecule has 160 valence electrons. The maximum Gasteiger partial charge on any atom is 0.251 e. The van der Waals surface area contributed by atoms with Crippen LogP contribution in [0.25, 0.3) is 0 Å². The normalized spacial score (nSPS) is 13.8. The van der Waals surface area contributed by atoms with Crippen molar-refractivity contribution in [1.29, 1.82) is 0 Å². The van der Waals surface area contributed by atoms with Crippen molar-refractivity contribution in [2.24, 2.45) is 0 Å². The lowest BCUT2D eigenvalue weighted by Gasteiger charge is -2.19. The molecule has 0 spiro atoms. The van der Waals surface area contributed by atoms with Crippen LogP contribution in [-0.4, -0.2) is 24.0 Å². The number of nitrogens with zero attached hydrogens (tertiary/aromatic N) is 1. The summed E-state index contributed by atoms with van der Waals surface area (Å²) >= 11 is 0. The minimum absolute atomic E-state index is 0.247. The van der Waals surface area contributed by atoms with E-state index in [-0.39, 0.29) is 18.3 Å². The second-order valence-electron chi connectivity index (χ2n) is 7.44. The summed E-state index contributed by atoms with van der Waals surface area (Å²) in [4.78, 5) is 14.6. The maximum atomic E-state index is 13.5. The third kappa shape index (κ3) is 5.24. The number of carbonyl (C=O) groups excluding carboxylic acids is 1. The van der Waals surface area contributed by atoms with Gasteiger partial charge in [0.05, 0.1) is 0 Å². The van der Waals surface area contributed by atoms with Crippen molar-refractivity contribution in [3.05, 3.63) is 100 Å². The highest BCUT2D eigenvalue weighted by atomic mass is 19.2. The van der Waals surface area contributed by atoms with Crippen molar-refractivity contribution < 1.29 is 22.7 Å². The predicted octanol–water partition coefficient (Wildman–Crippen LogP) is 4.43. The molecule has 4 rings (SSSR count). The first-order valence-electron chi connectivity index (χ1n) is 9.92. The number of fused-ring (bicyclic) bond motifs is 1. The Morgan fingerprint density at radius 3 is 2.48 bits per heavy atom. The highest BCUT2D eigenvalue weighted by Gasteiger charge is 2.18. The van der Waals surface area contributed by atoms with Gasteiger partial charge in [-0.15, -0.1) is 0 Å². The Balaban J connectivity index is 1.44. The molecule has 0 aliphatic carbocycles. The van der Waals surface area contributed by atoms with Gasteiger partial charge in [0.15, 0.2) is 11.6 Å². The molecular weight excluding hydrogens is 405 g/mol. The number of benzene rings is 3. The van der Waals surface area contributed by atoms with Crippen LogP contribution < -0.4 is 10.1 Å². The summed E-state index contributed by atoms with van der Waals surface area (Å²) in [5.41, 5.74) is 2.79. The minimum Gasteiger partial charge on any atom is -0.492 e. The number of halogens is 3. The molecule has 4 nitrogen and oxygen atoms in total. The molecule has 0 unspecified atom stereocenters. The topological polar surface area (TPSA) is 41.6 Å². The van der Waals surface area contributed by atoms with Crippen LogP contribution in [0.15, 0.2) is 60.7 Å². The zero-order chi connectivity index (χ0) is 21.8. The molecule has 1 amide bonds. The van der Waals surface area contributed by atoms with Crippen molar-refractivity contribution >= 4 is 5.91 Å². The number of amides is 1. The van der Waals surface area contributed by atoms with Crippen molar-refractivity contribution in [1.82, 2.24) is 10.2 Å². The molecule has 0 bridgehead atoms. The first kappa shape index (κ1) is 20.9. The smallest absolute Gasteiger partial charge is 0.251 e. The summed E-state index contributed by atoms with van der Waals surface area (Å²) in [6.45, 7) is 2.29. The molecular formula is C24H21F3N2O2. The molecule has 0 radical (unpaired) electrons. The fourth-order valence-corrected chi connectivity index (χ4v) is 3.51. The predicted molar refractivity (Wildman–Crippen MR) is 110 cm³/mol. The number of hydrogen-bond donors (Lipinski definition) is 1. The molecule has 31 heavy (non-hydrogen) atoms. The quantitative estimate of drug-likeness (QED) is 0.657. The third-order valence-corrected chi connectivity index (χ3v) is 5.14. The van der Waals surface area contributed by atoms with E-state index in [1.165, 1.54) is 18.2 Å². The van der Waals surface area contributed by atoms with E-state index in [9.17, 15) is 18.0 Å². The first-order chi connectivity index (χ1) is 15.0. The van der Waals surface area contributed by atoms with E-state index in [1.54, 1.807) is 36.4 Å². The maximum absolute atomic E-state index is 13.5. The molecule has 0 aromatic heterocycles. The Morgan fingerprint density at radius 2 is 1.71 bits per heavy atom. The van der Waals surface area contributed by atoms with E-state index in [2.05, 4.69) is 10.2 Å². The van der Waals surface area contributed by atoms with E-state index in [0.717, 1.165) is 17.2 Å². The molecule has 1 aliphatic rings. The number of rotatable bonds is 5. The Morgan fingerprint density at radius 1 is 0.935 bits per heavy atom. The monoisotopic (exact) mass is 426 g/mol. The highest BCUT2D eigenvalue weighted by Crippen LogP contribution is 2.25. The molecule has 7 heteroatoms. The summed E-state index contributed by atoms with van der Waals surface area (Å²) < 4.78 is 45.5. The van der Waals surface area contributed by atoms with Crippen LogP contribution >= 0.6 is 0 Å². The van der Waals surface area contributed by atoms with E-state index >= 15 is 0 Å². The summed E-state index contributed by atoms with van der Waals surface area (Å²) in [5, 5.41) is 2.83. The Kier molecular flexibility index (Phi) is 6.23. The third-order valence-electron chi connectivity index (χ3n) is 5.14. The molecule has 1 heterocycles. The molecule has 0 fully saturated rings. The lowest BCUT2D eigenvalue weighted by molar-refractivity contribution is 0.0950. The van der Waals surface area contributed by atoms with Crippen LogP contribution in [0.3, 0.4) is 0 Å². The van der Waals surface area contributed by atoms with Crippen LogP contribution in [0.1, 0.15) is 27.0 Å². The summed E-state index contributed by atoms with van der Waals surface area (Å²) in [6, 6.07) is 15.1. The lowest BCUT2D eigenvalue weighted by Crippen LogP contribution is -2.25. The average molecular weight is 426 g/mol. The van der Waals surface area contributed by atoms with Gasteiger partial charge in [0.2, 0.25) is 0 Å². The molecule has 3 aromatic carbocycles. The van der Waals surface area contributed by atoms with Gasteiger partial charge in [-0.1, -0.05) is 18.2 Å². The molecule has 1 aliphatic heterocycles. The average Bonchev–Trinajstić information content (AvgIpc) is 2.96. The van der Waals surface area contributed by atoms with E-state index in [4.69, 9.17) is 4.74 Å². The number of hydrogen-bond acceptors (Lipinski definition) is 3. The van der Waals surface area contributed by atoms with Crippen molar-refractivity contribution in [2.45, 2.75) is 19.6 Å². The van der Waals surface area contributed by atoms with Crippen molar-refractivity contribution in [2.75, 3.05) is 13.2 Å². The zero-order valence-corrected chi connectivity index (χ0v) is 16.7. The molecule has 0 saturated heterocycles. The fraction of sp³-hybridized carbons (Fsp3) is 0.208. The van der Waals surface area contributed by atoms with Crippen molar-refractivity contribution in [3.8, 4) is 5.75 Å². The molecule has 3 aromatic rings. The summed E-state index contributed by atoms with van der Waals surface area (Å²) in [7, 11) is 0. The molecule has 0 atom stereocenters. The number of ether oxygens (including phenoxy) is 1. The highest BCUT2D eigenvalue weighted by molar-refractivity contribution is 5.94. The van der Waals surface area contributed by atoms with E-state index < -0.39 is 11.6 Å². The van der Waals surface area contributed by atoms with Crippen molar-refractivity contribution in [3.63, 3.8) is 0 Å². The Bertz CT molecular complexity index is 1090. The van der Waals surface area contributed by atoms with E-state index in [1.807, 2.05) is 0 Å². The SMILES string of the molecule is O=C(NCc1ccc(F)cc1)c1ccc2c(c1)CN(Cc1ccc(F)c(F)c1)CCO2. The van der Waals surface area contributed by atoms with Gasteiger partial charge in [-0.25, -0.2) is 13.2 Å². The van der Waals surface area contributed by atoms with Crippen LogP contribution in [-0.2, 0) is 19.6 Å². The number of nitrogens with one attached hydrogen (secondary N) is 1. The van der Waals surface area contributed by atoms with Gasteiger partial charge in [-0.2, -0.15) is 0 Å². The second kappa shape index (κ2) is 9.22. The van der Waals surface area contributed by atoms with Gasteiger partial charge < -0.3 is 10.1 Å². The lowest BCUT2D eigenvalue weighted by atomic mass is 10.1. The largest absolute Gasteiger partial charge is 0.492 e. The molecule has 0 saturated carbocycles. The van der Waals surface area contributed by atoms with Crippen LogP contribution in [0.5, 0.6) is 5.75 Å². The van der Waals surface area contributed by atoms with Gasteiger partial charge >= 0.3 is 0 Å². The Labute approximate surface area is 178 Å². The Hall–Kier alpha value is -3.32. The zero-order valence-electron chi connectivity index (χ0n) is 16.7.